The summed E-state index contributed by atoms with van der Waals surface area (Å²) < 4.78 is 5.40. The molecule has 0 amide bonds. The minimum absolute atomic E-state index is 0.0405. The Morgan fingerprint density at radius 2 is 2.00 bits per heavy atom. The van der Waals surface area contributed by atoms with Gasteiger partial charge in [0.05, 0.1) is 13.2 Å². The Morgan fingerprint density at radius 3 is 2.63 bits per heavy atom. The van der Waals surface area contributed by atoms with Gasteiger partial charge in [-0.1, -0.05) is 17.7 Å². The lowest BCUT2D eigenvalue weighted by molar-refractivity contribution is 0.405. The van der Waals surface area contributed by atoms with Crippen molar-refractivity contribution in [1.29, 1.82) is 0 Å². The van der Waals surface area contributed by atoms with Gasteiger partial charge in [-0.05, 0) is 42.7 Å². The van der Waals surface area contributed by atoms with Gasteiger partial charge in [-0.25, -0.2) is 0 Å². The molecule has 19 heavy (non-hydrogen) atoms. The van der Waals surface area contributed by atoms with Crippen LogP contribution in [0.5, 0.6) is 5.75 Å². The zero-order valence-corrected chi connectivity index (χ0v) is 11.3. The number of hydrazine groups is 1. The lowest BCUT2D eigenvalue weighted by Crippen LogP contribution is -2.29. The first-order valence-electron chi connectivity index (χ1n) is 6.24. The van der Waals surface area contributed by atoms with Gasteiger partial charge in [-0.3, -0.25) is 16.3 Å². The Morgan fingerprint density at radius 1 is 1.26 bits per heavy atom. The van der Waals surface area contributed by atoms with Crippen LogP contribution in [-0.2, 0) is 6.42 Å². The Kier molecular flexibility index (Phi) is 4.49. The highest BCUT2D eigenvalue weighted by molar-refractivity contribution is 5.38. The van der Waals surface area contributed by atoms with Gasteiger partial charge in [0, 0.05) is 12.4 Å². The van der Waals surface area contributed by atoms with Crippen LogP contribution in [0.15, 0.2) is 42.7 Å². The third-order valence-corrected chi connectivity index (χ3v) is 3.17. The van der Waals surface area contributed by atoms with E-state index in [2.05, 4.69) is 23.4 Å². The van der Waals surface area contributed by atoms with Gasteiger partial charge in [0.1, 0.15) is 5.75 Å². The van der Waals surface area contributed by atoms with E-state index in [4.69, 9.17) is 10.6 Å². The van der Waals surface area contributed by atoms with Crippen LogP contribution in [0.2, 0.25) is 0 Å². The monoisotopic (exact) mass is 257 g/mol. The molecule has 2 aromatic rings. The zero-order valence-electron chi connectivity index (χ0n) is 11.3. The summed E-state index contributed by atoms with van der Waals surface area (Å²) in [6.07, 6.45) is 4.31. The number of nitrogens with zero attached hydrogens (tertiary/aromatic N) is 1. The second kappa shape index (κ2) is 6.31. The SMILES string of the molecule is COc1ccc(C)cc1CC(NN)c1ccncc1. The van der Waals surface area contributed by atoms with Gasteiger partial charge in [-0.15, -0.1) is 0 Å². The smallest absolute Gasteiger partial charge is 0.122 e. The van der Waals surface area contributed by atoms with Gasteiger partial charge in [0.25, 0.3) is 0 Å². The van der Waals surface area contributed by atoms with Crippen LogP contribution in [0.25, 0.3) is 0 Å². The second-order valence-electron chi connectivity index (χ2n) is 4.52. The lowest BCUT2D eigenvalue weighted by atomic mass is 9.98. The first kappa shape index (κ1) is 13.5. The fourth-order valence-corrected chi connectivity index (χ4v) is 2.16. The number of rotatable bonds is 5. The number of ether oxygens (including phenoxy) is 1. The van der Waals surface area contributed by atoms with Crippen LogP contribution in [0.3, 0.4) is 0 Å². The van der Waals surface area contributed by atoms with E-state index in [9.17, 15) is 0 Å². The number of hydrogen-bond donors (Lipinski definition) is 2. The first-order valence-corrected chi connectivity index (χ1v) is 6.24. The average Bonchev–Trinajstić information content (AvgIpc) is 2.46. The number of methoxy groups -OCH3 is 1. The summed E-state index contributed by atoms with van der Waals surface area (Å²) in [6, 6.07) is 10.1. The topological polar surface area (TPSA) is 60.2 Å². The average molecular weight is 257 g/mol. The fraction of sp³-hybridized carbons (Fsp3) is 0.267. The summed E-state index contributed by atoms with van der Waals surface area (Å²) in [4.78, 5) is 4.02. The molecule has 0 saturated heterocycles. The standard InChI is InChI=1S/C15H19N3O/c1-11-3-4-15(19-2)13(9-11)10-14(18-16)12-5-7-17-8-6-12/h3-9,14,18H,10,16H2,1-2H3. The van der Waals surface area contributed by atoms with Crippen LogP contribution >= 0.6 is 0 Å². The Labute approximate surface area is 113 Å². The van der Waals surface area contributed by atoms with Crippen LogP contribution in [-0.4, -0.2) is 12.1 Å². The number of pyridine rings is 1. The molecule has 1 atom stereocenters. The summed E-state index contributed by atoms with van der Waals surface area (Å²) in [5.74, 6) is 6.56. The number of aromatic nitrogens is 1. The minimum Gasteiger partial charge on any atom is -0.496 e. The molecule has 0 radical (unpaired) electrons. The van der Waals surface area contributed by atoms with E-state index in [1.807, 2.05) is 24.3 Å². The maximum absolute atomic E-state index is 5.67. The van der Waals surface area contributed by atoms with Gasteiger partial charge in [-0.2, -0.15) is 0 Å². The fourth-order valence-electron chi connectivity index (χ4n) is 2.16. The molecule has 3 N–H and O–H groups in total. The van der Waals surface area contributed by atoms with Crippen molar-refractivity contribution in [1.82, 2.24) is 10.4 Å². The van der Waals surface area contributed by atoms with Gasteiger partial charge in [0.15, 0.2) is 0 Å². The molecule has 0 aliphatic rings. The van der Waals surface area contributed by atoms with Gasteiger partial charge in [0.2, 0.25) is 0 Å². The maximum Gasteiger partial charge on any atom is 0.122 e. The highest BCUT2D eigenvalue weighted by Crippen LogP contribution is 2.25. The summed E-state index contributed by atoms with van der Waals surface area (Å²) >= 11 is 0. The highest BCUT2D eigenvalue weighted by atomic mass is 16.5. The molecular formula is C15H19N3O. The predicted molar refractivity (Wildman–Crippen MR) is 75.7 cm³/mol. The van der Waals surface area contributed by atoms with E-state index in [0.29, 0.717) is 0 Å². The van der Waals surface area contributed by atoms with Crippen LogP contribution < -0.4 is 16.0 Å². The molecule has 0 saturated carbocycles. The molecule has 1 heterocycles. The highest BCUT2D eigenvalue weighted by Gasteiger charge is 2.13. The van der Waals surface area contributed by atoms with Crippen LogP contribution in [0.4, 0.5) is 0 Å². The van der Waals surface area contributed by atoms with E-state index in [1.54, 1.807) is 19.5 Å². The maximum atomic E-state index is 5.67. The second-order valence-corrected chi connectivity index (χ2v) is 4.52. The van der Waals surface area contributed by atoms with Crippen molar-refractivity contribution < 1.29 is 4.74 Å². The zero-order chi connectivity index (χ0) is 13.7. The molecule has 100 valence electrons. The lowest BCUT2D eigenvalue weighted by Gasteiger charge is -2.18. The van der Waals surface area contributed by atoms with E-state index >= 15 is 0 Å². The molecule has 0 bridgehead atoms. The van der Waals surface area contributed by atoms with Crippen molar-refractivity contribution in [3.05, 3.63) is 59.4 Å². The minimum atomic E-state index is 0.0405. The molecule has 0 aliphatic carbocycles. The van der Waals surface area contributed by atoms with Crippen molar-refractivity contribution in [2.24, 2.45) is 5.84 Å². The first-order chi connectivity index (χ1) is 9.24. The summed E-state index contributed by atoms with van der Waals surface area (Å²) in [5, 5.41) is 0. The molecule has 0 fully saturated rings. The third-order valence-electron chi connectivity index (χ3n) is 3.17. The summed E-state index contributed by atoms with van der Waals surface area (Å²) in [7, 11) is 1.69. The van der Waals surface area contributed by atoms with Crippen molar-refractivity contribution >= 4 is 0 Å². The normalized spacial score (nSPS) is 12.2. The van der Waals surface area contributed by atoms with Gasteiger partial charge >= 0.3 is 0 Å². The molecule has 1 unspecified atom stereocenters. The van der Waals surface area contributed by atoms with Crippen LogP contribution in [0.1, 0.15) is 22.7 Å². The van der Waals surface area contributed by atoms with Crippen molar-refractivity contribution in [2.75, 3.05) is 7.11 Å². The molecule has 2 rings (SSSR count). The number of hydrogen-bond acceptors (Lipinski definition) is 4. The quantitative estimate of drug-likeness (QED) is 0.636. The molecular weight excluding hydrogens is 238 g/mol. The third kappa shape index (κ3) is 3.30. The van der Waals surface area contributed by atoms with E-state index in [-0.39, 0.29) is 6.04 Å². The summed E-state index contributed by atoms with van der Waals surface area (Å²) in [6.45, 7) is 2.07. The van der Waals surface area contributed by atoms with E-state index in [1.165, 1.54) is 5.56 Å². The van der Waals surface area contributed by atoms with Crippen LogP contribution in [0, 0.1) is 6.92 Å². The van der Waals surface area contributed by atoms with Crippen molar-refractivity contribution in [3.8, 4) is 5.75 Å². The van der Waals surface area contributed by atoms with Crippen molar-refractivity contribution in [2.45, 2.75) is 19.4 Å². The Bertz CT molecular complexity index is 528. The largest absolute Gasteiger partial charge is 0.496 e. The van der Waals surface area contributed by atoms with Crippen molar-refractivity contribution in [3.63, 3.8) is 0 Å². The summed E-state index contributed by atoms with van der Waals surface area (Å²) in [5.41, 5.74) is 6.32. The molecule has 1 aromatic carbocycles. The van der Waals surface area contributed by atoms with Gasteiger partial charge < -0.3 is 4.74 Å². The van der Waals surface area contributed by atoms with E-state index in [0.717, 1.165) is 23.3 Å². The Hall–Kier alpha value is -1.91. The Balaban J connectivity index is 2.26. The number of nitrogens with one attached hydrogen (secondary N) is 1. The molecule has 0 spiro atoms. The number of nitrogens with two attached hydrogens (primary N) is 1. The molecule has 4 nitrogen and oxygen atoms in total. The molecule has 0 aliphatic heterocycles. The molecule has 4 heteroatoms. The molecule has 1 aromatic heterocycles. The predicted octanol–water partition coefficient (Wildman–Crippen LogP) is 2.15. The number of benzene rings is 1. The van der Waals surface area contributed by atoms with E-state index < -0.39 is 0 Å². The number of aryl methyl sites for hydroxylation is 1.